The number of hydrogen-bond acceptors (Lipinski definition) is 0. The second-order valence-corrected chi connectivity index (χ2v) is 7.39. The molecule has 0 heterocycles. The van der Waals surface area contributed by atoms with Crippen LogP contribution >= 0.6 is 0 Å². The molecule has 0 aliphatic carbocycles. The second-order valence-electron chi connectivity index (χ2n) is 5.06. The molecule has 18 heavy (non-hydrogen) atoms. The van der Waals surface area contributed by atoms with Gasteiger partial charge in [-0.2, -0.15) is 0 Å². The molecule has 1 unspecified atom stereocenters. The van der Waals surface area contributed by atoms with E-state index in [4.69, 9.17) is 0 Å². The van der Waals surface area contributed by atoms with Crippen molar-refractivity contribution in [2.24, 2.45) is 0 Å². The van der Waals surface area contributed by atoms with Gasteiger partial charge < -0.3 is 0 Å². The van der Waals surface area contributed by atoms with Crippen molar-refractivity contribution >= 4 is 10.9 Å². The molecule has 0 N–H and O–H groups in total. The van der Waals surface area contributed by atoms with E-state index in [2.05, 4.69) is 44.2 Å². The van der Waals surface area contributed by atoms with Gasteiger partial charge in [-0.15, -0.1) is 0 Å². The highest BCUT2D eigenvalue weighted by atomic mass is 32.2. The summed E-state index contributed by atoms with van der Waals surface area (Å²) in [4.78, 5) is 0. The van der Waals surface area contributed by atoms with Crippen molar-refractivity contribution in [2.75, 3.05) is 11.5 Å². The lowest BCUT2D eigenvalue weighted by Gasteiger charge is -2.09. The Morgan fingerprint density at radius 3 is 2.11 bits per heavy atom. The van der Waals surface area contributed by atoms with Crippen molar-refractivity contribution < 1.29 is 0 Å². The van der Waals surface area contributed by atoms with Crippen LogP contribution < -0.4 is 0 Å². The zero-order valence-corrected chi connectivity index (χ0v) is 13.0. The van der Waals surface area contributed by atoms with Gasteiger partial charge >= 0.3 is 0 Å². The van der Waals surface area contributed by atoms with E-state index >= 15 is 0 Å². The van der Waals surface area contributed by atoms with Gasteiger partial charge in [0.15, 0.2) is 0 Å². The van der Waals surface area contributed by atoms with Crippen molar-refractivity contribution in [3.05, 3.63) is 35.9 Å². The minimum atomic E-state index is 0.621. The molecule has 0 fully saturated rings. The molecular formula is C17H29S+. The van der Waals surface area contributed by atoms with E-state index in [1.807, 2.05) is 0 Å². The predicted molar refractivity (Wildman–Crippen MR) is 86.3 cm³/mol. The van der Waals surface area contributed by atoms with Crippen molar-refractivity contribution in [1.82, 2.24) is 0 Å². The van der Waals surface area contributed by atoms with Crippen LogP contribution in [0.25, 0.3) is 0 Å². The minimum absolute atomic E-state index is 0.621. The van der Waals surface area contributed by atoms with Crippen molar-refractivity contribution in [1.29, 1.82) is 0 Å². The van der Waals surface area contributed by atoms with Gasteiger partial charge in [0, 0.05) is 5.56 Å². The SMILES string of the molecule is CCCCCC[S+](CCCC)Cc1ccccc1. The fourth-order valence-electron chi connectivity index (χ4n) is 2.14. The van der Waals surface area contributed by atoms with E-state index < -0.39 is 0 Å². The lowest BCUT2D eigenvalue weighted by molar-refractivity contribution is 0.704. The second kappa shape index (κ2) is 10.5. The quantitative estimate of drug-likeness (QED) is 0.403. The molecule has 0 bridgehead atoms. The van der Waals surface area contributed by atoms with Gasteiger partial charge in [0.2, 0.25) is 0 Å². The summed E-state index contributed by atoms with van der Waals surface area (Å²) in [5.41, 5.74) is 1.53. The topological polar surface area (TPSA) is 0 Å². The summed E-state index contributed by atoms with van der Waals surface area (Å²) < 4.78 is 0. The van der Waals surface area contributed by atoms with E-state index in [9.17, 15) is 0 Å². The van der Waals surface area contributed by atoms with Crippen LogP contribution in [0, 0.1) is 0 Å². The van der Waals surface area contributed by atoms with E-state index in [0.29, 0.717) is 10.9 Å². The normalized spacial score (nSPS) is 12.6. The Hall–Kier alpha value is -0.430. The lowest BCUT2D eigenvalue weighted by atomic mass is 10.2. The molecule has 0 saturated heterocycles. The highest BCUT2D eigenvalue weighted by Gasteiger charge is 2.17. The average Bonchev–Trinajstić information content (AvgIpc) is 2.41. The van der Waals surface area contributed by atoms with Crippen LogP contribution in [0.1, 0.15) is 57.9 Å². The Morgan fingerprint density at radius 1 is 0.778 bits per heavy atom. The Kier molecular flexibility index (Phi) is 9.11. The molecule has 0 aliphatic rings. The number of benzene rings is 1. The first-order chi connectivity index (χ1) is 8.86. The third-order valence-electron chi connectivity index (χ3n) is 3.29. The van der Waals surface area contributed by atoms with Crippen LogP contribution in [0.15, 0.2) is 30.3 Å². The average molecular weight is 265 g/mol. The third kappa shape index (κ3) is 7.10. The molecule has 0 aromatic heterocycles. The van der Waals surface area contributed by atoms with Gasteiger partial charge in [0.25, 0.3) is 0 Å². The smallest absolute Gasteiger partial charge is 0.0654 e. The Bertz CT molecular complexity index is 281. The van der Waals surface area contributed by atoms with Crippen molar-refractivity contribution in [3.63, 3.8) is 0 Å². The minimum Gasteiger partial charge on any atom is -0.0654 e. The monoisotopic (exact) mass is 265 g/mol. The molecule has 0 amide bonds. The predicted octanol–water partition coefficient (Wildman–Crippen LogP) is 5.19. The first-order valence-electron chi connectivity index (χ1n) is 7.54. The maximum Gasteiger partial charge on any atom is 0.133 e. The summed E-state index contributed by atoms with van der Waals surface area (Å²) in [5.74, 6) is 4.21. The first-order valence-corrected chi connectivity index (χ1v) is 9.28. The lowest BCUT2D eigenvalue weighted by Crippen LogP contribution is -2.15. The Morgan fingerprint density at radius 2 is 1.44 bits per heavy atom. The number of rotatable bonds is 10. The molecule has 0 spiro atoms. The summed E-state index contributed by atoms with van der Waals surface area (Å²) in [6.07, 6.45) is 8.38. The maximum atomic E-state index is 2.31. The van der Waals surface area contributed by atoms with Crippen LogP contribution in [-0.4, -0.2) is 11.5 Å². The van der Waals surface area contributed by atoms with E-state index in [1.54, 1.807) is 0 Å². The van der Waals surface area contributed by atoms with Gasteiger partial charge in [-0.3, -0.25) is 0 Å². The Labute approximate surface area is 117 Å². The van der Waals surface area contributed by atoms with Crippen LogP contribution in [0.4, 0.5) is 0 Å². The van der Waals surface area contributed by atoms with Gasteiger partial charge in [-0.05, 0) is 30.2 Å². The summed E-state index contributed by atoms with van der Waals surface area (Å²) in [7, 11) is 0.621. The fourth-order valence-corrected chi connectivity index (χ4v) is 4.60. The molecule has 1 aromatic carbocycles. The molecule has 0 saturated carbocycles. The van der Waals surface area contributed by atoms with Crippen LogP contribution in [0.2, 0.25) is 0 Å². The molecule has 1 heteroatoms. The maximum absolute atomic E-state index is 2.31. The summed E-state index contributed by atoms with van der Waals surface area (Å²) >= 11 is 0. The molecule has 0 radical (unpaired) electrons. The molecule has 1 rings (SSSR count). The van der Waals surface area contributed by atoms with Gasteiger partial charge in [0.1, 0.15) is 17.3 Å². The van der Waals surface area contributed by atoms with E-state index in [1.165, 1.54) is 61.3 Å². The summed E-state index contributed by atoms with van der Waals surface area (Å²) in [6.45, 7) is 4.60. The van der Waals surface area contributed by atoms with Gasteiger partial charge in [-0.25, -0.2) is 0 Å². The third-order valence-corrected chi connectivity index (χ3v) is 5.76. The Balaban J connectivity index is 2.35. The largest absolute Gasteiger partial charge is 0.133 e. The molecule has 0 nitrogen and oxygen atoms in total. The summed E-state index contributed by atoms with van der Waals surface area (Å²) in [5, 5.41) is 0. The zero-order chi connectivity index (χ0) is 13.1. The molecule has 102 valence electrons. The highest BCUT2D eigenvalue weighted by molar-refractivity contribution is 7.96. The highest BCUT2D eigenvalue weighted by Crippen LogP contribution is 2.14. The molecular weight excluding hydrogens is 236 g/mol. The number of hydrogen-bond donors (Lipinski definition) is 0. The number of unbranched alkanes of at least 4 members (excludes halogenated alkanes) is 4. The zero-order valence-electron chi connectivity index (χ0n) is 12.2. The van der Waals surface area contributed by atoms with Crippen molar-refractivity contribution in [3.8, 4) is 0 Å². The molecule has 0 aliphatic heterocycles. The van der Waals surface area contributed by atoms with Gasteiger partial charge in [-0.1, -0.05) is 63.4 Å². The van der Waals surface area contributed by atoms with Crippen LogP contribution in [0.3, 0.4) is 0 Å². The molecule has 1 atom stereocenters. The standard InChI is InChI=1S/C17H29S/c1-3-5-7-11-15-18(14-6-4-2)16-17-12-9-8-10-13-17/h8-10,12-13H,3-7,11,14-16H2,1-2H3/q+1. The van der Waals surface area contributed by atoms with Crippen LogP contribution in [0.5, 0.6) is 0 Å². The van der Waals surface area contributed by atoms with Crippen molar-refractivity contribution in [2.45, 2.75) is 58.1 Å². The fraction of sp³-hybridized carbons (Fsp3) is 0.647. The van der Waals surface area contributed by atoms with Crippen LogP contribution in [-0.2, 0) is 16.6 Å². The first kappa shape index (κ1) is 15.6. The van der Waals surface area contributed by atoms with E-state index in [-0.39, 0.29) is 0 Å². The van der Waals surface area contributed by atoms with E-state index in [0.717, 1.165) is 0 Å². The molecule has 1 aromatic rings. The van der Waals surface area contributed by atoms with Gasteiger partial charge in [0.05, 0.1) is 0 Å². The summed E-state index contributed by atoms with van der Waals surface area (Å²) in [6, 6.07) is 11.0.